The number of ether oxygens (including phenoxy) is 1. The number of benzene rings is 3. The third-order valence-electron chi connectivity index (χ3n) is 4.47. The molecular formula is C24H22N4OS. The molecule has 4 aromatic rings. The van der Waals surface area contributed by atoms with Gasteiger partial charge in [-0.05, 0) is 35.4 Å². The standard InChI is InChI=1S/C24H22N4OS/c1-29-21-14-12-20(13-15-21)22-26-23(25-16-18-8-4-2-5-9-18)28-24(27-22)30-17-19-10-6-3-7-11-19/h2-15H,16-17H2,1H3,(H,25,26,27,28). The molecule has 0 spiro atoms. The Morgan fingerprint density at radius 2 is 1.43 bits per heavy atom. The predicted molar refractivity (Wildman–Crippen MR) is 122 cm³/mol. The lowest BCUT2D eigenvalue weighted by atomic mass is 10.2. The molecule has 0 unspecified atom stereocenters. The van der Waals surface area contributed by atoms with Crippen LogP contribution >= 0.6 is 11.8 Å². The Hall–Kier alpha value is -3.38. The lowest BCUT2D eigenvalue weighted by molar-refractivity contribution is 0.415. The molecule has 0 saturated carbocycles. The van der Waals surface area contributed by atoms with Crippen LogP contribution in [0.3, 0.4) is 0 Å². The van der Waals surface area contributed by atoms with Gasteiger partial charge in [0.2, 0.25) is 5.95 Å². The van der Waals surface area contributed by atoms with Gasteiger partial charge >= 0.3 is 0 Å². The predicted octanol–water partition coefficient (Wildman–Crippen LogP) is 5.45. The van der Waals surface area contributed by atoms with Gasteiger partial charge in [-0.1, -0.05) is 72.4 Å². The summed E-state index contributed by atoms with van der Waals surface area (Å²) in [7, 11) is 1.65. The molecule has 0 saturated heterocycles. The summed E-state index contributed by atoms with van der Waals surface area (Å²) in [4.78, 5) is 14.0. The fourth-order valence-corrected chi connectivity index (χ4v) is 3.66. The van der Waals surface area contributed by atoms with Crippen LogP contribution in [0.15, 0.2) is 90.1 Å². The zero-order chi connectivity index (χ0) is 20.6. The maximum atomic E-state index is 5.26. The highest BCUT2D eigenvalue weighted by Gasteiger charge is 2.10. The molecule has 0 aliphatic rings. The maximum Gasteiger partial charge on any atom is 0.227 e. The van der Waals surface area contributed by atoms with Crippen LogP contribution in [0.5, 0.6) is 5.75 Å². The van der Waals surface area contributed by atoms with Crippen LogP contribution in [-0.4, -0.2) is 22.1 Å². The summed E-state index contributed by atoms with van der Waals surface area (Å²) in [5, 5.41) is 4.02. The Labute approximate surface area is 180 Å². The van der Waals surface area contributed by atoms with E-state index < -0.39 is 0 Å². The van der Waals surface area contributed by atoms with Crippen molar-refractivity contribution in [1.82, 2.24) is 15.0 Å². The molecule has 1 aromatic heterocycles. The second kappa shape index (κ2) is 9.89. The van der Waals surface area contributed by atoms with Crippen molar-refractivity contribution in [2.75, 3.05) is 12.4 Å². The summed E-state index contributed by atoms with van der Waals surface area (Å²) >= 11 is 1.60. The van der Waals surface area contributed by atoms with Crippen molar-refractivity contribution in [3.8, 4) is 17.1 Å². The number of thioether (sulfide) groups is 1. The van der Waals surface area contributed by atoms with Crippen molar-refractivity contribution in [2.45, 2.75) is 17.5 Å². The van der Waals surface area contributed by atoms with Crippen LogP contribution in [0.25, 0.3) is 11.4 Å². The minimum Gasteiger partial charge on any atom is -0.497 e. The third kappa shape index (κ3) is 5.36. The first-order valence-electron chi connectivity index (χ1n) is 9.65. The van der Waals surface area contributed by atoms with Gasteiger partial charge in [-0.15, -0.1) is 0 Å². The molecule has 3 aromatic carbocycles. The van der Waals surface area contributed by atoms with Gasteiger partial charge in [0.25, 0.3) is 0 Å². The van der Waals surface area contributed by atoms with Gasteiger partial charge in [0.15, 0.2) is 11.0 Å². The van der Waals surface area contributed by atoms with E-state index in [-0.39, 0.29) is 0 Å². The van der Waals surface area contributed by atoms with E-state index in [2.05, 4.69) is 44.5 Å². The van der Waals surface area contributed by atoms with Gasteiger partial charge < -0.3 is 10.1 Å². The van der Waals surface area contributed by atoms with E-state index in [1.54, 1.807) is 18.9 Å². The summed E-state index contributed by atoms with van der Waals surface area (Å²) in [6, 6.07) is 28.2. The molecule has 1 N–H and O–H groups in total. The largest absolute Gasteiger partial charge is 0.497 e. The van der Waals surface area contributed by atoms with Gasteiger partial charge in [-0.2, -0.15) is 9.97 Å². The molecule has 1 heterocycles. The van der Waals surface area contributed by atoms with Crippen LogP contribution < -0.4 is 10.1 Å². The summed E-state index contributed by atoms with van der Waals surface area (Å²) in [6.45, 7) is 0.649. The fourth-order valence-electron chi connectivity index (χ4n) is 2.87. The van der Waals surface area contributed by atoms with E-state index in [0.717, 1.165) is 17.1 Å². The maximum absolute atomic E-state index is 5.26. The number of aromatic nitrogens is 3. The first kappa shape index (κ1) is 19.9. The monoisotopic (exact) mass is 414 g/mol. The van der Waals surface area contributed by atoms with E-state index in [9.17, 15) is 0 Å². The number of nitrogens with one attached hydrogen (secondary N) is 1. The zero-order valence-corrected chi connectivity index (χ0v) is 17.5. The molecule has 0 aliphatic heterocycles. The number of nitrogens with zero attached hydrogens (tertiary/aromatic N) is 3. The highest BCUT2D eigenvalue weighted by atomic mass is 32.2. The lowest BCUT2D eigenvalue weighted by Gasteiger charge is -2.10. The van der Waals surface area contributed by atoms with Gasteiger partial charge in [0, 0.05) is 17.9 Å². The second-order valence-electron chi connectivity index (χ2n) is 6.61. The molecule has 0 aliphatic carbocycles. The molecule has 6 heteroatoms. The van der Waals surface area contributed by atoms with Crippen LogP contribution in [0.1, 0.15) is 11.1 Å². The van der Waals surface area contributed by atoms with Crippen molar-refractivity contribution in [3.63, 3.8) is 0 Å². The molecule has 0 amide bonds. The highest BCUT2D eigenvalue weighted by Crippen LogP contribution is 2.25. The second-order valence-corrected chi connectivity index (χ2v) is 7.55. The normalized spacial score (nSPS) is 10.6. The van der Waals surface area contributed by atoms with Crippen molar-refractivity contribution in [2.24, 2.45) is 0 Å². The molecule has 0 fully saturated rings. The molecule has 4 rings (SSSR count). The Balaban J connectivity index is 1.58. The smallest absolute Gasteiger partial charge is 0.227 e. The van der Waals surface area contributed by atoms with Crippen LogP contribution in [0.4, 0.5) is 5.95 Å². The van der Waals surface area contributed by atoms with Crippen LogP contribution in [-0.2, 0) is 12.3 Å². The summed E-state index contributed by atoms with van der Waals surface area (Å²) in [5.41, 5.74) is 3.32. The van der Waals surface area contributed by atoms with E-state index in [1.807, 2.05) is 60.7 Å². The molecule has 5 nitrogen and oxygen atoms in total. The minimum absolute atomic E-state index is 0.565. The minimum atomic E-state index is 0.565. The number of rotatable bonds is 8. The Bertz CT molecular complexity index is 1010. The Morgan fingerprint density at radius 1 is 0.767 bits per heavy atom. The first-order valence-corrected chi connectivity index (χ1v) is 10.6. The summed E-state index contributed by atoms with van der Waals surface area (Å²) in [6.07, 6.45) is 0. The van der Waals surface area contributed by atoms with Gasteiger partial charge in [-0.25, -0.2) is 4.98 Å². The number of hydrogen-bond donors (Lipinski definition) is 1. The van der Waals surface area contributed by atoms with Crippen molar-refractivity contribution >= 4 is 17.7 Å². The third-order valence-corrected chi connectivity index (χ3v) is 5.39. The van der Waals surface area contributed by atoms with Gasteiger partial charge in [0.1, 0.15) is 5.75 Å². The van der Waals surface area contributed by atoms with E-state index in [1.165, 1.54) is 11.1 Å². The lowest BCUT2D eigenvalue weighted by Crippen LogP contribution is -2.06. The SMILES string of the molecule is COc1ccc(-c2nc(NCc3ccccc3)nc(SCc3ccccc3)n2)cc1. The molecule has 0 atom stereocenters. The molecule has 0 radical (unpaired) electrons. The summed E-state index contributed by atoms with van der Waals surface area (Å²) < 4.78 is 5.26. The van der Waals surface area contributed by atoms with Crippen molar-refractivity contribution < 1.29 is 4.74 Å². The van der Waals surface area contributed by atoms with Crippen LogP contribution in [0.2, 0.25) is 0 Å². The average Bonchev–Trinajstić information content (AvgIpc) is 2.83. The van der Waals surface area contributed by atoms with Gasteiger partial charge in [0.05, 0.1) is 7.11 Å². The summed E-state index contributed by atoms with van der Waals surface area (Å²) in [5.74, 6) is 2.80. The topological polar surface area (TPSA) is 59.9 Å². The molecule has 150 valence electrons. The van der Waals surface area contributed by atoms with E-state index in [0.29, 0.717) is 23.5 Å². The molecule has 30 heavy (non-hydrogen) atoms. The molecule has 0 bridgehead atoms. The van der Waals surface area contributed by atoms with Crippen molar-refractivity contribution in [3.05, 3.63) is 96.1 Å². The van der Waals surface area contributed by atoms with E-state index >= 15 is 0 Å². The Kier molecular flexibility index (Phi) is 6.57. The first-order chi connectivity index (χ1) is 14.8. The highest BCUT2D eigenvalue weighted by molar-refractivity contribution is 7.98. The van der Waals surface area contributed by atoms with Crippen LogP contribution in [0, 0.1) is 0 Å². The zero-order valence-electron chi connectivity index (χ0n) is 16.7. The molecular weight excluding hydrogens is 392 g/mol. The van der Waals surface area contributed by atoms with E-state index in [4.69, 9.17) is 4.74 Å². The number of anilines is 1. The van der Waals surface area contributed by atoms with Crippen molar-refractivity contribution in [1.29, 1.82) is 0 Å². The fraction of sp³-hybridized carbons (Fsp3) is 0.125. The number of hydrogen-bond acceptors (Lipinski definition) is 6. The Morgan fingerprint density at radius 3 is 2.10 bits per heavy atom. The quantitative estimate of drug-likeness (QED) is 0.387. The van der Waals surface area contributed by atoms with Gasteiger partial charge in [-0.3, -0.25) is 0 Å². The number of methoxy groups -OCH3 is 1. The average molecular weight is 415 g/mol.